The van der Waals surface area contributed by atoms with Crippen LogP contribution in [0.15, 0.2) is 24.4 Å². The molecule has 0 fully saturated rings. The molecule has 9 heteroatoms. The van der Waals surface area contributed by atoms with Crippen LogP contribution in [0, 0.1) is 6.92 Å². The molecule has 0 atom stereocenters. The van der Waals surface area contributed by atoms with Gasteiger partial charge in [-0.3, -0.25) is 9.78 Å². The van der Waals surface area contributed by atoms with E-state index in [1.807, 2.05) is 0 Å². The summed E-state index contributed by atoms with van der Waals surface area (Å²) in [6, 6.07) is 4.00. The molecule has 2 aromatic rings. The van der Waals surface area contributed by atoms with Gasteiger partial charge in [0.2, 0.25) is 0 Å². The molecule has 24 heavy (non-hydrogen) atoms. The van der Waals surface area contributed by atoms with Gasteiger partial charge >= 0.3 is 6.18 Å². The lowest BCUT2D eigenvalue weighted by Crippen LogP contribution is -2.26. The van der Waals surface area contributed by atoms with Gasteiger partial charge in [0.05, 0.1) is 21.8 Å². The Morgan fingerprint density at radius 3 is 2.58 bits per heavy atom. The first-order chi connectivity index (χ1) is 11.2. The monoisotopic (exact) mass is 377 g/mol. The Labute approximate surface area is 146 Å². The van der Waals surface area contributed by atoms with Crippen LogP contribution in [0.25, 0.3) is 0 Å². The number of aryl methyl sites for hydroxylation is 1. The van der Waals surface area contributed by atoms with Crippen LogP contribution >= 0.6 is 23.2 Å². The minimum Gasteiger partial charge on any atom is -0.352 e. The SMILES string of the molecule is Cc1ccc(C(=O)NCCc2ncc(C(F)(F)F)cc2Cl)c(Cl)n1. The zero-order valence-corrected chi connectivity index (χ0v) is 13.9. The molecular weight excluding hydrogens is 366 g/mol. The summed E-state index contributed by atoms with van der Waals surface area (Å²) in [7, 11) is 0. The van der Waals surface area contributed by atoms with Gasteiger partial charge in [0, 0.05) is 24.9 Å². The zero-order chi connectivity index (χ0) is 17.9. The van der Waals surface area contributed by atoms with Gasteiger partial charge in [-0.25, -0.2) is 4.98 Å². The van der Waals surface area contributed by atoms with E-state index in [1.165, 1.54) is 0 Å². The number of hydrogen-bond acceptors (Lipinski definition) is 3. The minimum atomic E-state index is -4.50. The molecule has 0 saturated carbocycles. The number of halogens is 5. The number of hydrogen-bond donors (Lipinski definition) is 1. The first-order valence-electron chi connectivity index (χ1n) is 6.81. The van der Waals surface area contributed by atoms with Gasteiger partial charge in [0.15, 0.2) is 0 Å². The normalized spacial score (nSPS) is 11.4. The quantitative estimate of drug-likeness (QED) is 0.816. The van der Waals surface area contributed by atoms with Gasteiger partial charge in [-0.15, -0.1) is 0 Å². The van der Waals surface area contributed by atoms with Crippen LogP contribution in [0.3, 0.4) is 0 Å². The summed E-state index contributed by atoms with van der Waals surface area (Å²) in [5.74, 6) is -0.435. The number of alkyl halides is 3. The summed E-state index contributed by atoms with van der Waals surface area (Å²) in [5, 5.41) is 2.57. The van der Waals surface area contributed by atoms with E-state index in [9.17, 15) is 18.0 Å². The van der Waals surface area contributed by atoms with E-state index in [2.05, 4.69) is 15.3 Å². The van der Waals surface area contributed by atoms with Crippen LogP contribution in [-0.4, -0.2) is 22.4 Å². The molecule has 1 amide bonds. The predicted molar refractivity (Wildman–Crippen MR) is 84.3 cm³/mol. The topological polar surface area (TPSA) is 54.9 Å². The van der Waals surface area contributed by atoms with Gasteiger partial charge in [-0.1, -0.05) is 23.2 Å². The third kappa shape index (κ3) is 4.58. The van der Waals surface area contributed by atoms with E-state index in [0.717, 1.165) is 6.07 Å². The second kappa shape index (κ2) is 7.36. The minimum absolute atomic E-state index is 0.0817. The number of amides is 1. The van der Waals surface area contributed by atoms with Crippen LogP contribution in [0.4, 0.5) is 13.2 Å². The second-order valence-electron chi connectivity index (χ2n) is 4.95. The molecule has 2 heterocycles. The van der Waals surface area contributed by atoms with E-state index in [1.54, 1.807) is 19.1 Å². The summed E-state index contributed by atoms with van der Waals surface area (Å²) in [5.41, 5.74) is 0.238. The number of nitrogens with zero attached hydrogens (tertiary/aromatic N) is 2. The van der Waals surface area contributed by atoms with Crippen molar-refractivity contribution in [3.8, 4) is 0 Å². The lowest BCUT2D eigenvalue weighted by molar-refractivity contribution is -0.137. The number of rotatable bonds is 4. The van der Waals surface area contributed by atoms with Crippen LogP contribution < -0.4 is 5.32 Å². The molecule has 0 unspecified atom stereocenters. The van der Waals surface area contributed by atoms with E-state index >= 15 is 0 Å². The van der Waals surface area contributed by atoms with Crippen molar-refractivity contribution in [2.45, 2.75) is 19.5 Å². The van der Waals surface area contributed by atoms with Gasteiger partial charge in [-0.2, -0.15) is 13.2 Å². The maximum absolute atomic E-state index is 12.5. The molecule has 2 aromatic heterocycles. The lowest BCUT2D eigenvalue weighted by Gasteiger charge is -2.10. The van der Waals surface area contributed by atoms with Gasteiger partial charge in [-0.05, 0) is 25.1 Å². The molecule has 0 bridgehead atoms. The molecule has 0 saturated heterocycles. The average Bonchev–Trinajstić information content (AvgIpc) is 2.47. The second-order valence-corrected chi connectivity index (χ2v) is 5.71. The maximum atomic E-state index is 12.5. The third-order valence-electron chi connectivity index (χ3n) is 3.12. The Morgan fingerprint density at radius 1 is 1.29 bits per heavy atom. The molecule has 4 nitrogen and oxygen atoms in total. The fraction of sp³-hybridized carbons (Fsp3) is 0.267. The Balaban J connectivity index is 1.98. The van der Waals surface area contributed by atoms with E-state index in [4.69, 9.17) is 23.2 Å². The molecule has 128 valence electrons. The Kier molecular flexibility index (Phi) is 5.66. The third-order valence-corrected chi connectivity index (χ3v) is 3.74. The fourth-order valence-corrected chi connectivity index (χ4v) is 2.43. The Bertz CT molecular complexity index is 766. The summed E-state index contributed by atoms with van der Waals surface area (Å²) in [4.78, 5) is 19.7. The molecule has 0 aliphatic heterocycles. The fourth-order valence-electron chi connectivity index (χ4n) is 1.89. The van der Waals surface area contributed by atoms with Crippen LogP contribution in [0.2, 0.25) is 10.2 Å². The van der Waals surface area contributed by atoms with Gasteiger partial charge in [0.25, 0.3) is 5.91 Å². The smallest absolute Gasteiger partial charge is 0.352 e. The molecule has 0 radical (unpaired) electrons. The van der Waals surface area contributed by atoms with Crippen molar-refractivity contribution >= 4 is 29.1 Å². The van der Waals surface area contributed by atoms with E-state index < -0.39 is 17.6 Å². The van der Waals surface area contributed by atoms with Gasteiger partial charge in [0.1, 0.15) is 5.15 Å². The molecule has 0 spiro atoms. The summed E-state index contributed by atoms with van der Waals surface area (Å²) in [6.45, 7) is 1.88. The molecule has 1 N–H and O–H groups in total. The number of pyridine rings is 2. The molecular formula is C15H12Cl2F3N3O. The van der Waals surface area contributed by atoms with E-state index in [0.29, 0.717) is 11.9 Å². The lowest BCUT2D eigenvalue weighted by atomic mass is 10.2. The average molecular weight is 378 g/mol. The van der Waals surface area contributed by atoms with E-state index in [-0.39, 0.29) is 34.4 Å². The number of nitrogens with one attached hydrogen (secondary N) is 1. The highest BCUT2D eigenvalue weighted by molar-refractivity contribution is 6.32. The standard InChI is InChI=1S/C15H12Cl2F3N3O/c1-8-2-3-10(13(17)23-8)14(24)21-5-4-12-11(16)6-9(7-22-12)15(18,19)20/h2-3,6-7H,4-5H2,1H3,(H,21,24). The highest BCUT2D eigenvalue weighted by Gasteiger charge is 2.31. The highest BCUT2D eigenvalue weighted by Crippen LogP contribution is 2.31. The number of carbonyl (C=O) groups is 1. The zero-order valence-electron chi connectivity index (χ0n) is 12.4. The van der Waals surface area contributed by atoms with Crippen molar-refractivity contribution < 1.29 is 18.0 Å². The van der Waals surface area contributed by atoms with Crippen molar-refractivity contribution in [1.29, 1.82) is 0 Å². The highest BCUT2D eigenvalue weighted by atomic mass is 35.5. The van der Waals surface area contributed by atoms with Gasteiger partial charge < -0.3 is 5.32 Å². The molecule has 0 aliphatic rings. The summed E-state index contributed by atoms with van der Waals surface area (Å²) < 4.78 is 37.6. The number of carbonyl (C=O) groups excluding carboxylic acids is 1. The largest absolute Gasteiger partial charge is 0.417 e. The number of aromatic nitrogens is 2. The van der Waals surface area contributed by atoms with Crippen molar-refractivity contribution in [2.24, 2.45) is 0 Å². The summed E-state index contributed by atoms with van der Waals surface area (Å²) in [6.07, 6.45) is -3.61. The van der Waals surface area contributed by atoms with Crippen molar-refractivity contribution in [3.63, 3.8) is 0 Å². The molecule has 0 aromatic carbocycles. The van der Waals surface area contributed by atoms with Crippen LogP contribution in [-0.2, 0) is 12.6 Å². The Morgan fingerprint density at radius 2 is 2.00 bits per heavy atom. The first-order valence-corrected chi connectivity index (χ1v) is 7.57. The molecule has 0 aliphatic carbocycles. The van der Waals surface area contributed by atoms with Crippen LogP contribution in [0.1, 0.15) is 27.3 Å². The maximum Gasteiger partial charge on any atom is 0.417 e. The van der Waals surface area contributed by atoms with Crippen LogP contribution in [0.5, 0.6) is 0 Å². The van der Waals surface area contributed by atoms with Crippen molar-refractivity contribution in [3.05, 3.63) is 57.1 Å². The van der Waals surface area contributed by atoms with Crippen molar-refractivity contribution in [2.75, 3.05) is 6.54 Å². The van der Waals surface area contributed by atoms with Crippen molar-refractivity contribution in [1.82, 2.24) is 15.3 Å². The summed E-state index contributed by atoms with van der Waals surface area (Å²) >= 11 is 11.7. The predicted octanol–water partition coefficient (Wildman–Crippen LogP) is 4.08. The molecule has 2 rings (SSSR count). The first kappa shape index (κ1) is 18.5. The Hall–Kier alpha value is -1.86.